The Morgan fingerprint density at radius 3 is 2.81 bits per heavy atom. The van der Waals surface area contributed by atoms with Gasteiger partial charge in [0.25, 0.3) is 0 Å². The second kappa shape index (κ2) is 4.01. The highest BCUT2D eigenvalue weighted by Gasteiger charge is 2.17. The number of hydrogen-bond donors (Lipinski definition) is 1. The van der Waals surface area contributed by atoms with Crippen molar-refractivity contribution >= 4 is 11.9 Å². The van der Waals surface area contributed by atoms with Crippen LogP contribution in [0.3, 0.4) is 0 Å². The lowest BCUT2D eigenvalue weighted by molar-refractivity contribution is 0.0728. The summed E-state index contributed by atoms with van der Waals surface area (Å²) in [5.74, 6) is -1.79. The van der Waals surface area contributed by atoms with Crippen molar-refractivity contribution in [1.29, 1.82) is 0 Å². The fourth-order valence-corrected chi connectivity index (χ4v) is 1.08. The van der Waals surface area contributed by atoms with Gasteiger partial charge in [0.15, 0.2) is 11.6 Å². The molecule has 0 aliphatic rings. The number of anilines is 1. The zero-order chi connectivity index (χ0) is 11.5. The van der Waals surface area contributed by atoms with Crippen LogP contribution in [-0.4, -0.2) is 11.1 Å². The quantitative estimate of drug-likeness (QED) is 0.617. The number of carbonyl (C=O) groups is 1. The number of ether oxygens (including phenoxy) is 1. The van der Waals surface area contributed by atoms with Crippen LogP contribution in [0.4, 0.5) is 10.3 Å². The molecule has 6 heteroatoms. The Bertz CT molecular complexity index is 524. The minimum Gasteiger partial charge on any atom is -0.420 e. The van der Waals surface area contributed by atoms with Gasteiger partial charge in [-0.1, -0.05) is 17.3 Å². The predicted octanol–water partition coefficient (Wildman–Crippen LogP) is 1.62. The van der Waals surface area contributed by atoms with E-state index in [0.29, 0.717) is 0 Å². The molecule has 0 atom stereocenters. The molecule has 0 aliphatic carbocycles. The van der Waals surface area contributed by atoms with E-state index in [1.165, 1.54) is 18.2 Å². The van der Waals surface area contributed by atoms with Crippen molar-refractivity contribution in [2.45, 2.75) is 0 Å². The van der Waals surface area contributed by atoms with Gasteiger partial charge in [0, 0.05) is 0 Å². The van der Waals surface area contributed by atoms with E-state index in [4.69, 9.17) is 10.5 Å². The van der Waals surface area contributed by atoms with E-state index < -0.39 is 11.8 Å². The summed E-state index contributed by atoms with van der Waals surface area (Å²) in [4.78, 5) is 11.5. The molecule has 5 nitrogen and oxygen atoms in total. The van der Waals surface area contributed by atoms with E-state index in [0.717, 1.165) is 6.20 Å². The van der Waals surface area contributed by atoms with E-state index in [1.54, 1.807) is 6.07 Å². The molecule has 2 rings (SSSR count). The summed E-state index contributed by atoms with van der Waals surface area (Å²) in [7, 11) is 0. The van der Waals surface area contributed by atoms with Crippen molar-refractivity contribution in [1.82, 2.24) is 5.16 Å². The Morgan fingerprint density at radius 2 is 2.19 bits per heavy atom. The molecule has 2 aromatic rings. The van der Waals surface area contributed by atoms with E-state index in [-0.39, 0.29) is 17.2 Å². The molecule has 16 heavy (non-hydrogen) atoms. The SMILES string of the molecule is Nc1oncc1C(=O)Oc1ccccc1F. The van der Waals surface area contributed by atoms with Crippen LogP contribution < -0.4 is 10.5 Å². The number of rotatable bonds is 2. The van der Waals surface area contributed by atoms with Gasteiger partial charge in [-0.2, -0.15) is 0 Å². The molecule has 1 aromatic heterocycles. The van der Waals surface area contributed by atoms with Crippen LogP contribution in [-0.2, 0) is 0 Å². The summed E-state index contributed by atoms with van der Waals surface area (Å²) in [6, 6.07) is 5.54. The number of esters is 1. The second-order valence-corrected chi connectivity index (χ2v) is 2.92. The Kier molecular flexibility index (Phi) is 2.55. The van der Waals surface area contributed by atoms with Gasteiger partial charge >= 0.3 is 5.97 Å². The Hall–Kier alpha value is -2.37. The molecule has 0 saturated carbocycles. The van der Waals surface area contributed by atoms with Crippen LogP contribution in [0.2, 0.25) is 0 Å². The van der Waals surface area contributed by atoms with Crippen LogP contribution in [0.5, 0.6) is 5.75 Å². The number of nitrogens with two attached hydrogens (primary N) is 1. The highest BCUT2D eigenvalue weighted by Crippen LogP contribution is 2.18. The third-order valence-electron chi connectivity index (χ3n) is 1.86. The average molecular weight is 222 g/mol. The Balaban J connectivity index is 2.21. The van der Waals surface area contributed by atoms with Gasteiger partial charge in [0.1, 0.15) is 5.56 Å². The average Bonchev–Trinajstić information content (AvgIpc) is 2.68. The molecule has 2 N–H and O–H groups in total. The molecular formula is C10H7FN2O3. The fraction of sp³-hybridized carbons (Fsp3) is 0. The lowest BCUT2D eigenvalue weighted by atomic mass is 10.3. The predicted molar refractivity (Wildman–Crippen MR) is 52.3 cm³/mol. The molecule has 0 aliphatic heterocycles. The smallest absolute Gasteiger partial charge is 0.350 e. The summed E-state index contributed by atoms with van der Waals surface area (Å²) >= 11 is 0. The number of halogens is 1. The first-order valence-electron chi connectivity index (χ1n) is 4.35. The van der Waals surface area contributed by atoms with Crippen molar-refractivity contribution < 1.29 is 18.4 Å². The van der Waals surface area contributed by atoms with Crippen molar-refractivity contribution in [3.8, 4) is 5.75 Å². The zero-order valence-electron chi connectivity index (χ0n) is 8.01. The van der Waals surface area contributed by atoms with Crippen LogP contribution in [0.25, 0.3) is 0 Å². The Labute approximate surface area is 89.6 Å². The molecule has 0 fully saturated rings. The number of para-hydroxylation sites is 1. The van der Waals surface area contributed by atoms with Crippen LogP contribution in [0.1, 0.15) is 10.4 Å². The maximum Gasteiger partial charge on any atom is 0.350 e. The summed E-state index contributed by atoms with van der Waals surface area (Å²) < 4.78 is 22.4. The molecule has 1 heterocycles. The van der Waals surface area contributed by atoms with E-state index in [9.17, 15) is 9.18 Å². The molecule has 82 valence electrons. The second-order valence-electron chi connectivity index (χ2n) is 2.92. The zero-order valence-corrected chi connectivity index (χ0v) is 8.01. The van der Waals surface area contributed by atoms with Gasteiger partial charge < -0.3 is 15.0 Å². The van der Waals surface area contributed by atoms with Crippen molar-refractivity contribution in [2.75, 3.05) is 5.73 Å². The summed E-state index contributed by atoms with van der Waals surface area (Å²) in [6.45, 7) is 0. The van der Waals surface area contributed by atoms with Crippen molar-refractivity contribution in [3.63, 3.8) is 0 Å². The number of aromatic nitrogens is 1. The van der Waals surface area contributed by atoms with Gasteiger partial charge in [0.2, 0.25) is 5.88 Å². The normalized spacial score (nSPS) is 10.1. The Morgan fingerprint density at radius 1 is 1.44 bits per heavy atom. The highest BCUT2D eigenvalue weighted by molar-refractivity contribution is 5.94. The van der Waals surface area contributed by atoms with Crippen molar-refractivity contribution in [2.24, 2.45) is 0 Å². The molecule has 1 aromatic carbocycles. The van der Waals surface area contributed by atoms with Crippen LogP contribution >= 0.6 is 0 Å². The lowest BCUT2D eigenvalue weighted by Gasteiger charge is -2.02. The minimum absolute atomic E-state index is 0.0387. The number of carbonyl (C=O) groups excluding carboxylic acids is 1. The third kappa shape index (κ3) is 1.85. The largest absolute Gasteiger partial charge is 0.420 e. The van der Waals surface area contributed by atoms with Crippen molar-refractivity contribution in [3.05, 3.63) is 41.8 Å². The number of benzene rings is 1. The van der Waals surface area contributed by atoms with Gasteiger partial charge in [0.05, 0.1) is 6.20 Å². The standard InChI is InChI=1S/C10H7FN2O3/c11-7-3-1-2-4-8(7)15-10(14)6-5-13-16-9(6)12/h1-5H,12H2. The third-order valence-corrected chi connectivity index (χ3v) is 1.86. The highest BCUT2D eigenvalue weighted by atomic mass is 19.1. The van der Waals surface area contributed by atoms with E-state index in [1.807, 2.05) is 0 Å². The van der Waals surface area contributed by atoms with Crippen LogP contribution in [0.15, 0.2) is 35.0 Å². The minimum atomic E-state index is -0.816. The molecule has 0 radical (unpaired) electrons. The van der Waals surface area contributed by atoms with E-state index >= 15 is 0 Å². The number of nitrogens with zero attached hydrogens (tertiary/aromatic N) is 1. The lowest BCUT2D eigenvalue weighted by Crippen LogP contribution is -2.10. The summed E-state index contributed by atoms with van der Waals surface area (Å²) in [6.07, 6.45) is 1.11. The maximum absolute atomic E-state index is 13.1. The molecule has 0 amide bonds. The van der Waals surface area contributed by atoms with E-state index in [2.05, 4.69) is 9.68 Å². The first-order valence-corrected chi connectivity index (χ1v) is 4.35. The van der Waals surface area contributed by atoms with Crippen LogP contribution in [0, 0.1) is 5.82 Å². The summed E-state index contributed by atoms with van der Waals surface area (Å²) in [5.41, 5.74) is 5.27. The molecular weight excluding hydrogens is 215 g/mol. The maximum atomic E-state index is 13.1. The van der Waals surface area contributed by atoms with Gasteiger partial charge in [-0.25, -0.2) is 9.18 Å². The fourth-order valence-electron chi connectivity index (χ4n) is 1.08. The monoisotopic (exact) mass is 222 g/mol. The van der Waals surface area contributed by atoms with Gasteiger partial charge in [-0.15, -0.1) is 0 Å². The summed E-state index contributed by atoms with van der Waals surface area (Å²) in [5, 5.41) is 3.31. The first kappa shape index (κ1) is 10.2. The molecule has 0 spiro atoms. The number of hydrogen-bond acceptors (Lipinski definition) is 5. The topological polar surface area (TPSA) is 78.4 Å². The number of nitrogen functional groups attached to an aromatic ring is 1. The first-order chi connectivity index (χ1) is 7.68. The molecule has 0 bridgehead atoms. The molecule has 0 saturated heterocycles. The van der Waals surface area contributed by atoms with Gasteiger partial charge in [-0.05, 0) is 12.1 Å². The molecule has 0 unspecified atom stereocenters. The van der Waals surface area contributed by atoms with Gasteiger partial charge in [-0.3, -0.25) is 0 Å².